The summed E-state index contributed by atoms with van der Waals surface area (Å²) in [6.45, 7) is 6.77. The van der Waals surface area contributed by atoms with Gasteiger partial charge in [0.25, 0.3) is 0 Å². The van der Waals surface area contributed by atoms with Crippen LogP contribution in [0.3, 0.4) is 0 Å². The van der Waals surface area contributed by atoms with Crippen molar-refractivity contribution in [1.82, 2.24) is 9.88 Å². The highest BCUT2D eigenvalue weighted by molar-refractivity contribution is 5.81. The Labute approximate surface area is 120 Å². The van der Waals surface area contributed by atoms with Crippen LogP contribution in [0.2, 0.25) is 0 Å². The van der Waals surface area contributed by atoms with Crippen molar-refractivity contribution < 1.29 is 4.74 Å². The van der Waals surface area contributed by atoms with Gasteiger partial charge in [0.05, 0.1) is 12.1 Å². The van der Waals surface area contributed by atoms with E-state index in [4.69, 9.17) is 10.5 Å². The summed E-state index contributed by atoms with van der Waals surface area (Å²) in [5.74, 6) is 0.617. The van der Waals surface area contributed by atoms with Crippen molar-refractivity contribution in [3.8, 4) is 0 Å². The summed E-state index contributed by atoms with van der Waals surface area (Å²) < 4.78 is 5.17. The van der Waals surface area contributed by atoms with Gasteiger partial charge in [-0.1, -0.05) is 18.2 Å². The molecule has 0 spiro atoms. The molecule has 1 heterocycles. The van der Waals surface area contributed by atoms with E-state index in [0.717, 1.165) is 36.2 Å². The highest BCUT2D eigenvalue weighted by Gasteiger charge is 2.13. The van der Waals surface area contributed by atoms with Crippen LogP contribution in [0.1, 0.15) is 19.4 Å². The maximum Gasteiger partial charge on any atom is 0.128 e. The second kappa shape index (κ2) is 6.68. The van der Waals surface area contributed by atoms with Gasteiger partial charge in [-0.05, 0) is 26.0 Å². The first kappa shape index (κ1) is 14.8. The average Bonchev–Trinajstić information content (AvgIpc) is 2.43. The number of hydrogen-bond donors (Lipinski definition) is 1. The number of fused-ring (bicyclic) bond motifs is 1. The van der Waals surface area contributed by atoms with Crippen molar-refractivity contribution >= 4 is 16.7 Å². The van der Waals surface area contributed by atoms with Gasteiger partial charge >= 0.3 is 0 Å². The lowest BCUT2D eigenvalue weighted by Gasteiger charge is -2.26. The molecule has 0 saturated carbocycles. The number of nitrogens with zero attached hydrogens (tertiary/aromatic N) is 2. The average molecular weight is 273 g/mol. The van der Waals surface area contributed by atoms with Gasteiger partial charge < -0.3 is 10.5 Å². The van der Waals surface area contributed by atoms with Crippen molar-refractivity contribution in [3.63, 3.8) is 0 Å². The summed E-state index contributed by atoms with van der Waals surface area (Å²) in [4.78, 5) is 6.83. The molecule has 4 heteroatoms. The summed E-state index contributed by atoms with van der Waals surface area (Å²) in [6, 6.07) is 10.6. The van der Waals surface area contributed by atoms with Crippen molar-refractivity contribution in [2.75, 3.05) is 26.0 Å². The highest BCUT2D eigenvalue weighted by atomic mass is 16.5. The number of nitrogens with two attached hydrogens (primary N) is 1. The van der Waals surface area contributed by atoms with Crippen LogP contribution in [0, 0.1) is 0 Å². The third kappa shape index (κ3) is 3.46. The van der Waals surface area contributed by atoms with Gasteiger partial charge in [0.2, 0.25) is 0 Å². The fourth-order valence-corrected chi connectivity index (χ4v) is 2.25. The van der Waals surface area contributed by atoms with Crippen molar-refractivity contribution in [1.29, 1.82) is 0 Å². The molecule has 108 valence electrons. The number of aromatic nitrogens is 1. The summed E-state index contributed by atoms with van der Waals surface area (Å²) in [6.07, 6.45) is 0. The smallest absolute Gasteiger partial charge is 0.128 e. The summed E-state index contributed by atoms with van der Waals surface area (Å²) >= 11 is 0. The minimum absolute atomic E-state index is 0.441. The van der Waals surface area contributed by atoms with E-state index in [1.165, 1.54) is 0 Å². The largest absolute Gasteiger partial charge is 0.383 e. The predicted molar refractivity (Wildman–Crippen MR) is 83.6 cm³/mol. The van der Waals surface area contributed by atoms with E-state index < -0.39 is 0 Å². The number of para-hydroxylation sites is 1. The van der Waals surface area contributed by atoms with Crippen LogP contribution in [0.4, 0.5) is 5.82 Å². The summed E-state index contributed by atoms with van der Waals surface area (Å²) in [5, 5.41) is 1.13. The highest BCUT2D eigenvalue weighted by Crippen LogP contribution is 2.20. The molecule has 0 amide bonds. The molecule has 2 rings (SSSR count). The fraction of sp³-hybridized carbons (Fsp3) is 0.438. The SMILES string of the molecule is COCCN(Cc1cc2ccccc2nc1N)C(C)C. The number of ether oxygens (including phenoxy) is 1. The number of rotatable bonds is 6. The minimum Gasteiger partial charge on any atom is -0.383 e. The fourth-order valence-electron chi connectivity index (χ4n) is 2.25. The van der Waals surface area contributed by atoms with Crippen LogP contribution in [0.15, 0.2) is 30.3 Å². The molecule has 1 aromatic heterocycles. The molecule has 0 saturated heterocycles. The van der Waals surface area contributed by atoms with Crippen LogP contribution in [-0.2, 0) is 11.3 Å². The zero-order valence-corrected chi connectivity index (χ0v) is 12.5. The number of benzene rings is 1. The van der Waals surface area contributed by atoms with Crippen molar-refractivity contribution in [2.24, 2.45) is 0 Å². The second-order valence-corrected chi connectivity index (χ2v) is 5.28. The zero-order valence-electron chi connectivity index (χ0n) is 12.5. The first-order valence-electron chi connectivity index (χ1n) is 6.99. The number of hydrogen-bond acceptors (Lipinski definition) is 4. The van der Waals surface area contributed by atoms with Gasteiger partial charge in [0, 0.05) is 37.2 Å². The predicted octanol–water partition coefficient (Wildman–Crippen LogP) is 2.67. The quantitative estimate of drug-likeness (QED) is 0.879. The van der Waals surface area contributed by atoms with Crippen molar-refractivity contribution in [3.05, 3.63) is 35.9 Å². The van der Waals surface area contributed by atoms with Crippen molar-refractivity contribution in [2.45, 2.75) is 26.4 Å². The molecule has 1 aromatic carbocycles. The first-order chi connectivity index (χ1) is 9.61. The number of pyridine rings is 1. The van der Waals surface area contributed by atoms with E-state index in [1.807, 2.05) is 18.2 Å². The normalized spacial score (nSPS) is 11.7. The van der Waals surface area contributed by atoms with Gasteiger partial charge in [-0.25, -0.2) is 4.98 Å². The Balaban J connectivity index is 2.24. The van der Waals surface area contributed by atoms with Gasteiger partial charge in [-0.15, -0.1) is 0 Å². The Hall–Kier alpha value is -1.65. The Morgan fingerprint density at radius 1 is 1.30 bits per heavy atom. The number of nitrogen functional groups attached to an aromatic ring is 1. The van der Waals surface area contributed by atoms with Gasteiger partial charge in [-0.3, -0.25) is 4.90 Å². The van der Waals surface area contributed by atoms with E-state index in [1.54, 1.807) is 7.11 Å². The Morgan fingerprint density at radius 3 is 2.75 bits per heavy atom. The van der Waals surface area contributed by atoms with E-state index in [-0.39, 0.29) is 0 Å². The lowest BCUT2D eigenvalue weighted by atomic mass is 10.1. The number of anilines is 1. The molecular weight excluding hydrogens is 250 g/mol. The molecular formula is C16H23N3O. The van der Waals surface area contributed by atoms with Crippen LogP contribution in [0.25, 0.3) is 10.9 Å². The maximum absolute atomic E-state index is 6.09. The molecule has 0 fully saturated rings. The molecule has 20 heavy (non-hydrogen) atoms. The van der Waals surface area contributed by atoms with Crippen LogP contribution >= 0.6 is 0 Å². The van der Waals surface area contributed by atoms with Crippen LogP contribution in [0.5, 0.6) is 0 Å². The van der Waals surface area contributed by atoms with E-state index in [0.29, 0.717) is 11.9 Å². The number of methoxy groups -OCH3 is 1. The van der Waals surface area contributed by atoms with Gasteiger partial charge in [0.1, 0.15) is 5.82 Å². The molecule has 0 atom stereocenters. The lowest BCUT2D eigenvalue weighted by Crippen LogP contribution is -2.33. The first-order valence-corrected chi connectivity index (χ1v) is 6.99. The van der Waals surface area contributed by atoms with Crippen LogP contribution in [-0.4, -0.2) is 36.2 Å². The molecule has 4 nitrogen and oxygen atoms in total. The molecule has 0 aliphatic rings. The maximum atomic E-state index is 6.09. The summed E-state index contributed by atoms with van der Waals surface area (Å²) in [7, 11) is 1.73. The lowest BCUT2D eigenvalue weighted by molar-refractivity contribution is 0.125. The van der Waals surface area contributed by atoms with E-state index >= 15 is 0 Å². The van der Waals surface area contributed by atoms with E-state index in [9.17, 15) is 0 Å². The molecule has 0 aliphatic carbocycles. The minimum atomic E-state index is 0.441. The Bertz CT molecular complexity index is 569. The molecule has 0 aliphatic heterocycles. The zero-order chi connectivity index (χ0) is 14.5. The van der Waals surface area contributed by atoms with Gasteiger partial charge in [-0.2, -0.15) is 0 Å². The molecule has 0 radical (unpaired) electrons. The van der Waals surface area contributed by atoms with Crippen LogP contribution < -0.4 is 5.73 Å². The monoisotopic (exact) mass is 273 g/mol. The molecule has 2 aromatic rings. The topological polar surface area (TPSA) is 51.4 Å². The second-order valence-electron chi connectivity index (χ2n) is 5.28. The van der Waals surface area contributed by atoms with Gasteiger partial charge in [0.15, 0.2) is 0 Å². The molecule has 0 unspecified atom stereocenters. The standard InChI is InChI=1S/C16H23N3O/c1-12(2)19(8-9-20-3)11-14-10-13-6-4-5-7-15(13)18-16(14)17/h4-7,10,12H,8-9,11H2,1-3H3,(H2,17,18). The Morgan fingerprint density at radius 2 is 2.05 bits per heavy atom. The Kier molecular flexibility index (Phi) is 4.93. The third-order valence-electron chi connectivity index (χ3n) is 3.52. The summed E-state index contributed by atoms with van der Waals surface area (Å²) in [5.41, 5.74) is 8.12. The molecule has 2 N–H and O–H groups in total. The van der Waals surface area contributed by atoms with E-state index in [2.05, 4.69) is 35.9 Å². The third-order valence-corrected chi connectivity index (χ3v) is 3.52. The molecule has 0 bridgehead atoms.